The van der Waals surface area contributed by atoms with Crippen LogP contribution in [0.15, 0.2) is 0 Å². The molecule has 0 spiro atoms. The standard InChI is InChI=1S/3C3H6O2.C3H8/c3*1-2-3(4)5;1-3-2/h3*2H2,1H3,(H,4,5);3H2,1-2H3. The van der Waals surface area contributed by atoms with Gasteiger partial charge in [-0.25, -0.2) is 0 Å². The number of carboxylic acid groups (broad SMARTS) is 3. The summed E-state index contributed by atoms with van der Waals surface area (Å²) in [5, 5.41) is 23.2. The smallest absolute Gasteiger partial charge is 0.303 e. The third-order valence-electron chi connectivity index (χ3n) is 0.907. The molecule has 0 bridgehead atoms. The second kappa shape index (κ2) is 24.6. The van der Waals surface area contributed by atoms with Crippen molar-refractivity contribution in [1.82, 2.24) is 0 Å². The van der Waals surface area contributed by atoms with Crippen molar-refractivity contribution in [3.8, 4) is 0 Å². The molecular formula is C12H26O6. The first-order valence-electron chi connectivity index (χ1n) is 5.88. The van der Waals surface area contributed by atoms with Crippen LogP contribution in [0.1, 0.15) is 60.3 Å². The monoisotopic (exact) mass is 266 g/mol. The van der Waals surface area contributed by atoms with Crippen LogP contribution in [0.3, 0.4) is 0 Å². The normalized spacial score (nSPS) is 7.17. The Kier molecular flexibility index (Phi) is 34.6. The average molecular weight is 266 g/mol. The van der Waals surface area contributed by atoms with E-state index in [4.69, 9.17) is 15.3 Å². The molecule has 0 aromatic heterocycles. The van der Waals surface area contributed by atoms with Gasteiger partial charge in [0, 0.05) is 19.3 Å². The van der Waals surface area contributed by atoms with Gasteiger partial charge in [0.05, 0.1) is 0 Å². The predicted molar refractivity (Wildman–Crippen MR) is 69.7 cm³/mol. The summed E-state index contributed by atoms with van der Waals surface area (Å²) in [5.41, 5.74) is 0. The fourth-order valence-corrected chi connectivity index (χ4v) is 0. The Hall–Kier alpha value is -1.59. The van der Waals surface area contributed by atoms with Gasteiger partial charge in [0.2, 0.25) is 0 Å². The fraction of sp³-hybridized carbons (Fsp3) is 0.750. The lowest BCUT2D eigenvalue weighted by Gasteiger charge is -1.71. The van der Waals surface area contributed by atoms with Crippen LogP contribution in [-0.4, -0.2) is 33.2 Å². The third-order valence-corrected chi connectivity index (χ3v) is 0.907. The fourth-order valence-electron chi connectivity index (χ4n) is 0. The van der Waals surface area contributed by atoms with Crippen LogP contribution in [0.5, 0.6) is 0 Å². The molecule has 0 aromatic rings. The van der Waals surface area contributed by atoms with E-state index in [1.165, 1.54) is 6.42 Å². The molecule has 0 saturated carbocycles. The molecule has 6 nitrogen and oxygen atoms in total. The van der Waals surface area contributed by atoms with Gasteiger partial charge in [-0.05, 0) is 0 Å². The molecular weight excluding hydrogens is 240 g/mol. The van der Waals surface area contributed by atoms with Crippen LogP contribution in [0, 0.1) is 0 Å². The van der Waals surface area contributed by atoms with Crippen LogP contribution in [0.2, 0.25) is 0 Å². The first kappa shape index (κ1) is 25.3. The number of hydrogen-bond donors (Lipinski definition) is 3. The molecule has 0 heterocycles. The molecule has 0 aliphatic heterocycles. The highest BCUT2D eigenvalue weighted by molar-refractivity contribution is 5.66. The van der Waals surface area contributed by atoms with Crippen molar-refractivity contribution in [2.24, 2.45) is 0 Å². The van der Waals surface area contributed by atoms with Gasteiger partial charge in [0.15, 0.2) is 0 Å². The zero-order chi connectivity index (χ0) is 15.6. The molecule has 0 aliphatic rings. The molecule has 110 valence electrons. The Morgan fingerprint density at radius 1 is 0.611 bits per heavy atom. The van der Waals surface area contributed by atoms with Crippen molar-refractivity contribution in [2.45, 2.75) is 60.3 Å². The molecule has 6 heteroatoms. The summed E-state index contributed by atoms with van der Waals surface area (Å²) in [6.07, 6.45) is 1.92. The summed E-state index contributed by atoms with van der Waals surface area (Å²) < 4.78 is 0. The lowest BCUT2D eigenvalue weighted by Crippen LogP contribution is -1.86. The van der Waals surface area contributed by atoms with Crippen molar-refractivity contribution in [1.29, 1.82) is 0 Å². The minimum atomic E-state index is -0.745. The molecule has 0 aromatic carbocycles. The minimum Gasteiger partial charge on any atom is -0.481 e. The second-order valence-electron chi connectivity index (χ2n) is 2.95. The summed E-state index contributed by atoms with van der Waals surface area (Å²) in [4.78, 5) is 28.1. The van der Waals surface area contributed by atoms with E-state index in [0.29, 0.717) is 0 Å². The van der Waals surface area contributed by atoms with Gasteiger partial charge in [-0.15, -0.1) is 0 Å². The van der Waals surface area contributed by atoms with Crippen LogP contribution < -0.4 is 0 Å². The largest absolute Gasteiger partial charge is 0.481 e. The molecule has 0 unspecified atom stereocenters. The topological polar surface area (TPSA) is 112 Å². The predicted octanol–water partition coefficient (Wildman–Crippen LogP) is 2.86. The molecule has 0 saturated heterocycles. The zero-order valence-corrected chi connectivity index (χ0v) is 11.9. The Labute approximate surface area is 109 Å². The van der Waals surface area contributed by atoms with Crippen molar-refractivity contribution < 1.29 is 29.7 Å². The Bertz CT molecular complexity index is 167. The van der Waals surface area contributed by atoms with E-state index in [2.05, 4.69) is 13.8 Å². The van der Waals surface area contributed by atoms with Crippen LogP contribution in [0.25, 0.3) is 0 Å². The summed E-state index contributed by atoms with van der Waals surface area (Å²) >= 11 is 0. The molecule has 0 amide bonds. The van der Waals surface area contributed by atoms with E-state index < -0.39 is 17.9 Å². The average Bonchev–Trinajstić information content (AvgIpc) is 2.31. The van der Waals surface area contributed by atoms with Crippen molar-refractivity contribution in [3.05, 3.63) is 0 Å². The molecule has 0 aliphatic carbocycles. The number of carboxylic acids is 3. The number of aliphatic carboxylic acids is 3. The first-order valence-corrected chi connectivity index (χ1v) is 5.88. The van der Waals surface area contributed by atoms with Crippen LogP contribution in [0.4, 0.5) is 0 Å². The lowest BCUT2D eigenvalue weighted by atomic mass is 10.5. The van der Waals surface area contributed by atoms with Crippen molar-refractivity contribution >= 4 is 17.9 Å². The minimum absolute atomic E-state index is 0.222. The highest BCUT2D eigenvalue weighted by atomic mass is 16.4. The maximum Gasteiger partial charge on any atom is 0.303 e. The Balaban J connectivity index is -0.0000000739. The summed E-state index contributed by atoms with van der Waals surface area (Å²) in [6.45, 7) is 9.05. The van der Waals surface area contributed by atoms with Gasteiger partial charge >= 0.3 is 17.9 Å². The van der Waals surface area contributed by atoms with Crippen LogP contribution in [-0.2, 0) is 14.4 Å². The quantitative estimate of drug-likeness (QED) is 0.724. The lowest BCUT2D eigenvalue weighted by molar-refractivity contribution is -0.137. The second-order valence-corrected chi connectivity index (χ2v) is 2.95. The Morgan fingerprint density at radius 3 is 0.667 bits per heavy atom. The van der Waals surface area contributed by atoms with Crippen LogP contribution >= 0.6 is 0 Å². The molecule has 0 fully saturated rings. The van der Waals surface area contributed by atoms with Gasteiger partial charge in [0.25, 0.3) is 0 Å². The number of hydrogen-bond acceptors (Lipinski definition) is 3. The SMILES string of the molecule is CCC.CCC(=O)O.CCC(=O)O.CCC(=O)O. The Morgan fingerprint density at radius 2 is 0.667 bits per heavy atom. The van der Waals surface area contributed by atoms with Gasteiger partial charge in [-0.3, -0.25) is 14.4 Å². The van der Waals surface area contributed by atoms with Gasteiger partial charge < -0.3 is 15.3 Å². The van der Waals surface area contributed by atoms with Gasteiger partial charge in [0.1, 0.15) is 0 Å². The third kappa shape index (κ3) is 133. The van der Waals surface area contributed by atoms with Gasteiger partial charge in [-0.1, -0.05) is 41.0 Å². The van der Waals surface area contributed by atoms with E-state index in [1.54, 1.807) is 20.8 Å². The molecule has 3 N–H and O–H groups in total. The highest BCUT2D eigenvalue weighted by Gasteiger charge is 1.81. The van der Waals surface area contributed by atoms with Crippen molar-refractivity contribution in [3.63, 3.8) is 0 Å². The summed E-state index contributed by atoms with van der Waals surface area (Å²) in [5.74, 6) is -2.24. The maximum absolute atomic E-state index is 9.37. The highest BCUT2D eigenvalue weighted by Crippen LogP contribution is 1.68. The van der Waals surface area contributed by atoms with Crippen molar-refractivity contribution in [2.75, 3.05) is 0 Å². The molecule has 0 atom stereocenters. The first-order chi connectivity index (χ1) is 8.22. The van der Waals surface area contributed by atoms with E-state index in [9.17, 15) is 14.4 Å². The maximum atomic E-state index is 9.37. The van der Waals surface area contributed by atoms with E-state index >= 15 is 0 Å². The number of rotatable bonds is 3. The number of carbonyl (C=O) groups is 3. The molecule has 0 rings (SSSR count). The summed E-state index contributed by atoms with van der Waals surface area (Å²) in [6, 6.07) is 0. The summed E-state index contributed by atoms with van der Waals surface area (Å²) in [7, 11) is 0. The molecule has 18 heavy (non-hydrogen) atoms. The van der Waals surface area contributed by atoms with E-state index in [-0.39, 0.29) is 19.3 Å². The molecule has 0 radical (unpaired) electrons. The van der Waals surface area contributed by atoms with Gasteiger partial charge in [-0.2, -0.15) is 0 Å². The van der Waals surface area contributed by atoms with E-state index in [1.807, 2.05) is 0 Å². The zero-order valence-electron chi connectivity index (χ0n) is 11.9. The van der Waals surface area contributed by atoms with E-state index in [0.717, 1.165) is 0 Å².